The lowest BCUT2D eigenvalue weighted by Crippen LogP contribution is -2.54. The molecule has 0 aromatic rings. The minimum atomic E-state index is -0.113. The summed E-state index contributed by atoms with van der Waals surface area (Å²) in [5, 5.41) is 6.13. The Bertz CT molecular complexity index is 279. The predicted molar refractivity (Wildman–Crippen MR) is 69.6 cm³/mol. The Morgan fingerprint density at radius 1 is 1.71 bits per heavy atom. The second-order valence-corrected chi connectivity index (χ2v) is 4.43. The number of piperidine rings is 1. The maximum absolute atomic E-state index is 11.9. The maximum atomic E-state index is 11.9. The zero-order chi connectivity index (χ0) is 12.7. The van der Waals surface area contributed by atoms with E-state index in [4.69, 9.17) is 6.42 Å². The summed E-state index contributed by atoms with van der Waals surface area (Å²) in [5.41, 5.74) is 0. The number of nitrogens with one attached hydrogen (secondary N) is 2. The molecule has 1 heterocycles. The highest BCUT2D eigenvalue weighted by Gasteiger charge is 2.27. The molecular weight excluding hydrogens is 214 g/mol. The van der Waals surface area contributed by atoms with Crippen LogP contribution >= 0.6 is 0 Å². The van der Waals surface area contributed by atoms with Gasteiger partial charge in [-0.15, -0.1) is 6.42 Å². The summed E-state index contributed by atoms with van der Waals surface area (Å²) in [7, 11) is 0. The number of nitrogens with zero attached hydrogens (tertiary/aromatic N) is 1. The van der Waals surface area contributed by atoms with E-state index in [9.17, 15) is 4.79 Å². The van der Waals surface area contributed by atoms with Gasteiger partial charge in [0.25, 0.3) is 0 Å². The molecule has 4 heteroatoms. The van der Waals surface area contributed by atoms with Gasteiger partial charge in [0, 0.05) is 12.6 Å². The van der Waals surface area contributed by atoms with Gasteiger partial charge < -0.3 is 10.6 Å². The van der Waals surface area contributed by atoms with Gasteiger partial charge in [0.1, 0.15) is 0 Å². The van der Waals surface area contributed by atoms with Gasteiger partial charge in [-0.3, -0.25) is 9.69 Å². The average molecular weight is 237 g/mol. The molecule has 0 aromatic carbocycles. The third-order valence-electron chi connectivity index (χ3n) is 3.35. The molecule has 17 heavy (non-hydrogen) atoms. The summed E-state index contributed by atoms with van der Waals surface area (Å²) in [6.07, 6.45) is 7.48. The summed E-state index contributed by atoms with van der Waals surface area (Å²) in [6.45, 7) is 7.30. The molecule has 0 spiro atoms. The van der Waals surface area contributed by atoms with Crippen LogP contribution < -0.4 is 10.6 Å². The van der Waals surface area contributed by atoms with E-state index in [-0.39, 0.29) is 11.9 Å². The fourth-order valence-electron chi connectivity index (χ4n) is 2.40. The third kappa shape index (κ3) is 4.03. The van der Waals surface area contributed by atoms with Crippen LogP contribution in [0.1, 0.15) is 26.7 Å². The highest BCUT2D eigenvalue weighted by atomic mass is 16.2. The van der Waals surface area contributed by atoms with E-state index in [1.165, 1.54) is 6.42 Å². The Kier molecular flexibility index (Phi) is 6.03. The van der Waals surface area contributed by atoms with Crippen molar-refractivity contribution in [1.82, 2.24) is 15.5 Å². The van der Waals surface area contributed by atoms with Crippen LogP contribution in [0.2, 0.25) is 0 Å². The minimum Gasteiger partial charge on any atom is -0.344 e. The molecule has 0 bridgehead atoms. The quantitative estimate of drug-likeness (QED) is 0.671. The molecule has 0 saturated carbocycles. The molecule has 0 aromatic heterocycles. The van der Waals surface area contributed by atoms with Crippen LogP contribution in [0.25, 0.3) is 0 Å². The van der Waals surface area contributed by atoms with Crippen LogP contribution in [0.5, 0.6) is 0 Å². The van der Waals surface area contributed by atoms with Crippen molar-refractivity contribution in [3.8, 4) is 12.3 Å². The molecule has 0 aliphatic carbocycles. The van der Waals surface area contributed by atoms with Gasteiger partial charge in [-0.1, -0.05) is 12.8 Å². The van der Waals surface area contributed by atoms with Gasteiger partial charge in [-0.2, -0.15) is 0 Å². The fourth-order valence-corrected chi connectivity index (χ4v) is 2.40. The van der Waals surface area contributed by atoms with Crippen LogP contribution in [-0.2, 0) is 4.79 Å². The second-order valence-electron chi connectivity index (χ2n) is 4.43. The monoisotopic (exact) mass is 237 g/mol. The number of hydrogen-bond acceptors (Lipinski definition) is 3. The van der Waals surface area contributed by atoms with E-state index in [2.05, 4.69) is 28.4 Å². The van der Waals surface area contributed by atoms with E-state index < -0.39 is 0 Å². The van der Waals surface area contributed by atoms with Gasteiger partial charge in [0.2, 0.25) is 5.91 Å². The van der Waals surface area contributed by atoms with Crippen LogP contribution in [0, 0.1) is 12.3 Å². The number of terminal acetylenes is 1. The summed E-state index contributed by atoms with van der Waals surface area (Å²) >= 11 is 0. The Hall–Kier alpha value is -1.05. The molecule has 1 rings (SSSR count). The first-order chi connectivity index (χ1) is 8.20. The third-order valence-corrected chi connectivity index (χ3v) is 3.35. The molecule has 2 unspecified atom stereocenters. The van der Waals surface area contributed by atoms with Gasteiger partial charge in [-0.05, 0) is 32.9 Å². The largest absolute Gasteiger partial charge is 0.344 e. The van der Waals surface area contributed by atoms with Crippen molar-refractivity contribution >= 4 is 5.91 Å². The molecule has 96 valence electrons. The Morgan fingerprint density at radius 3 is 3.00 bits per heavy atom. The zero-order valence-electron chi connectivity index (χ0n) is 10.8. The number of carbonyl (C=O) groups excluding carboxylic acids is 1. The first kappa shape index (κ1) is 14.0. The van der Waals surface area contributed by atoms with Crippen LogP contribution in [0.15, 0.2) is 0 Å². The predicted octanol–water partition coefficient (Wildman–Crippen LogP) is 0.198. The minimum absolute atomic E-state index is 0.0235. The van der Waals surface area contributed by atoms with Gasteiger partial charge in [0.05, 0.1) is 12.6 Å². The van der Waals surface area contributed by atoms with Crippen molar-refractivity contribution in [3.63, 3.8) is 0 Å². The first-order valence-corrected chi connectivity index (χ1v) is 6.38. The molecule has 1 amide bonds. The molecule has 0 radical (unpaired) electrons. The van der Waals surface area contributed by atoms with Crippen molar-refractivity contribution in [2.45, 2.75) is 38.8 Å². The first-order valence-electron chi connectivity index (χ1n) is 6.38. The zero-order valence-corrected chi connectivity index (χ0v) is 10.8. The number of likely N-dealkylation sites (N-methyl/N-ethyl adjacent to an activating group) is 1. The fraction of sp³-hybridized carbons (Fsp3) is 0.769. The maximum Gasteiger partial charge on any atom is 0.237 e. The molecule has 1 aliphatic rings. The Balaban J connectivity index is 2.53. The van der Waals surface area contributed by atoms with Crippen molar-refractivity contribution in [3.05, 3.63) is 0 Å². The number of amides is 1. The summed E-state index contributed by atoms with van der Waals surface area (Å²) in [6, 6.07) is 0.346. The van der Waals surface area contributed by atoms with Gasteiger partial charge >= 0.3 is 0 Å². The summed E-state index contributed by atoms with van der Waals surface area (Å²) < 4.78 is 0. The van der Waals surface area contributed by atoms with Gasteiger partial charge in [-0.25, -0.2) is 0 Å². The molecule has 2 N–H and O–H groups in total. The number of rotatable bonds is 5. The number of carbonyl (C=O) groups is 1. The lowest BCUT2D eigenvalue weighted by molar-refractivity contribution is -0.126. The summed E-state index contributed by atoms with van der Waals surface area (Å²) in [5.74, 6) is 2.45. The van der Waals surface area contributed by atoms with Crippen molar-refractivity contribution in [2.75, 3.05) is 26.2 Å². The lowest BCUT2D eigenvalue weighted by atomic mass is 10.0. The number of hydrogen-bond donors (Lipinski definition) is 2. The normalized spacial score (nSPS) is 21.9. The smallest absolute Gasteiger partial charge is 0.237 e. The molecule has 1 fully saturated rings. The van der Waals surface area contributed by atoms with Crippen LogP contribution in [0.3, 0.4) is 0 Å². The Morgan fingerprint density at radius 2 is 2.47 bits per heavy atom. The average Bonchev–Trinajstić information content (AvgIpc) is 2.38. The molecular formula is C13H23N3O. The highest BCUT2D eigenvalue weighted by Crippen LogP contribution is 2.13. The topological polar surface area (TPSA) is 44.4 Å². The molecule has 2 atom stereocenters. The SMILES string of the molecule is C#CCNC(=O)C(C)N(CC)C1CCCNC1. The van der Waals surface area contributed by atoms with Crippen molar-refractivity contribution in [1.29, 1.82) is 0 Å². The highest BCUT2D eigenvalue weighted by molar-refractivity contribution is 5.81. The standard InChI is InChI=1S/C13H23N3O/c1-4-8-15-13(17)11(3)16(5-2)12-7-6-9-14-10-12/h1,11-12,14H,5-10H2,2-3H3,(H,15,17). The van der Waals surface area contributed by atoms with Crippen LogP contribution in [0.4, 0.5) is 0 Å². The lowest BCUT2D eigenvalue weighted by Gasteiger charge is -2.37. The molecule has 4 nitrogen and oxygen atoms in total. The Labute approximate surface area is 104 Å². The van der Waals surface area contributed by atoms with Crippen molar-refractivity contribution < 1.29 is 4.79 Å². The second kappa shape index (κ2) is 7.31. The van der Waals surface area contributed by atoms with E-state index in [1.807, 2.05) is 6.92 Å². The molecule has 1 saturated heterocycles. The van der Waals surface area contributed by atoms with E-state index in [1.54, 1.807) is 0 Å². The van der Waals surface area contributed by atoms with E-state index >= 15 is 0 Å². The van der Waals surface area contributed by atoms with Crippen molar-refractivity contribution in [2.24, 2.45) is 0 Å². The van der Waals surface area contributed by atoms with E-state index in [0.717, 1.165) is 26.1 Å². The summed E-state index contributed by atoms with van der Waals surface area (Å²) in [4.78, 5) is 14.1. The van der Waals surface area contributed by atoms with Crippen LogP contribution in [-0.4, -0.2) is 49.1 Å². The van der Waals surface area contributed by atoms with E-state index in [0.29, 0.717) is 12.6 Å². The van der Waals surface area contributed by atoms with Gasteiger partial charge in [0.15, 0.2) is 0 Å². The molecule has 1 aliphatic heterocycles.